The van der Waals surface area contributed by atoms with Crippen molar-refractivity contribution in [2.24, 2.45) is 5.73 Å². The molecule has 0 saturated carbocycles. The molecule has 0 fully saturated rings. The summed E-state index contributed by atoms with van der Waals surface area (Å²) in [5.74, 6) is -1.39. The number of carbonyl (C=O) groups excluding carboxylic acids is 3. The van der Waals surface area contributed by atoms with Gasteiger partial charge in [-0.3, -0.25) is 14.4 Å². The smallest absolute Gasteiger partial charge is 0.326 e. The Hall–Kier alpha value is -2.24. The second-order valence-electron chi connectivity index (χ2n) is 7.55. The van der Waals surface area contributed by atoms with Crippen LogP contribution in [0.15, 0.2) is 30.3 Å². The van der Waals surface area contributed by atoms with Gasteiger partial charge in [-0.25, -0.2) is 4.79 Å². The Kier molecular flexibility index (Phi) is 13.6. The van der Waals surface area contributed by atoms with Crippen molar-refractivity contribution in [3.05, 3.63) is 35.9 Å². The highest BCUT2D eigenvalue weighted by molar-refractivity contribution is 7.98. The predicted molar refractivity (Wildman–Crippen MR) is 133 cm³/mol. The molecular formula is C22H34N4O5S2. The molecule has 4 atom stereocenters. The van der Waals surface area contributed by atoms with Gasteiger partial charge in [-0.05, 0) is 49.3 Å². The number of nitrogens with two attached hydrogens (primary N) is 1. The molecule has 1 aromatic carbocycles. The van der Waals surface area contributed by atoms with E-state index < -0.39 is 47.9 Å². The van der Waals surface area contributed by atoms with Crippen LogP contribution in [0.3, 0.4) is 0 Å². The van der Waals surface area contributed by atoms with Gasteiger partial charge >= 0.3 is 5.97 Å². The molecule has 0 heterocycles. The summed E-state index contributed by atoms with van der Waals surface area (Å²) in [6, 6.07) is 5.24. The lowest BCUT2D eigenvalue weighted by Crippen LogP contribution is -2.56. The summed E-state index contributed by atoms with van der Waals surface area (Å²) in [6.45, 7) is 1.46. The van der Waals surface area contributed by atoms with Crippen molar-refractivity contribution in [2.75, 3.05) is 24.0 Å². The molecule has 0 aliphatic heterocycles. The maximum atomic E-state index is 12.8. The van der Waals surface area contributed by atoms with Crippen molar-refractivity contribution in [2.45, 2.75) is 50.4 Å². The number of amides is 3. The van der Waals surface area contributed by atoms with E-state index in [4.69, 9.17) is 5.73 Å². The fourth-order valence-electron chi connectivity index (χ4n) is 2.89. The third-order valence-corrected chi connectivity index (χ3v) is 6.15. The van der Waals surface area contributed by atoms with Crippen LogP contribution >= 0.6 is 23.5 Å². The lowest BCUT2D eigenvalue weighted by Gasteiger charge is -2.23. The molecule has 0 aromatic heterocycles. The molecule has 184 valence electrons. The van der Waals surface area contributed by atoms with E-state index in [1.807, 2.05) is 18.6 Å². The van der Waals surface area contributed by atoms with Gasteiger partial charge in [-0.2, -0.15) is 23.5 Å². The molecule has 0 saturated heterocycles. The molecule has 0 aliphatic carbocycles. The second-order valence-corrected chi connectivity index (χ2v) is 9.52. The molecule has 0 spiro atoms. The Labute approximate surface area is 203 Å². The van der Waals surface area contributed by atoms with Crippen molar-refractivity contribution >= 4 is 47.2 Å². The monoisotopic (exact) mass is 498 g/mol. The maximum Gasteiger partial charge on any atom is 0.326 e. The fourth-order valence-corrected chi connectivity index (χ4v) is 3.85. The summed E-state index contributed by atoms with van der Waals surface area (Å²) in [4.78, 5) is 49.3. The largest absolute Gasteiger partial charge is 0.480 e. The topological polar surface area (TPSA) is 151 Å². The minimum absolute atomic E-state index is 0.114. The van der Waals surface area contributed by atoms with Gasteiger partial charge in [-0.15, -0.1) is 0 Å². The van der Waals surface area contributed by atoms with Gasteiger partial charge in [-0.1, -0.05) is 30.3 Å². The Balaban J connectivity index is 2.73. The zero-order chi connectivity index (χ0) is 24.8. The van der Waals surface area contributed by atoms with Crippen LogP contribution < -0.4 is 21.7 Å². The van der Waals surface area contributed by atoms with Gasteiger partial charge in [0.2, 0.25) is 17.7 Å². The number of nitrogens with one attached hydrogen (secondary N) is 3. The fraction of sp³-hybridized carbons (Fsp3) is 0.545. The van der Waals surface area contributed by atoms with Crippen molar-refractivity contribution in [1.29, 1.82) is 0 Å². The number of hydrogen-bond acceptors (Lipinski definition) is 7. The summed E-state index contributed by atoms with van der Waals surface area (Å²) in [5, 5.41) is 17.2. The van der Waals surface area contributed by atoms with E-state index in [2.05, 4.69) is 16.0 Å². The van der Waals surface area contributed by atoms with Crippen LogP contribution in [0.4, 0.5) is 0 Å². The molecule has 9 nitrogen and oxygen atoms in total. The van der Waals surface area contributed by atoms with E-state index in [0.29, 0.717) is 18.6 Å². The van der Waals surface area contributed by atoms with Crippen LogP contribution in [0, 0.1) is 0 Å². The first kappa shape index (κ1) is 28.8. The molecule has 11 heteroatoms. The minimum atomic E-state index is -1.17. The number of rotatable bonds is 15. The summed E-state index contributed by atoms with van der Waals surface area (Å²) in [7, 11) is 0. The molecule has 0 aliphatic rings. The first-order valence-corrected chi connectivity index (χ1v) is 13.4. The number of carboxylic acid groups (broad SMARTS) is 1. The molecular weight excluding hydrogens is 464 g/mol. The lowest BCUT2D eigenvalue weighted by molar-refractivity contribution is -0.142. The molecule has 1 rings (SSSR count). The van der Waals surface area contributed by atoms with E-state index in [-0.39, 0.29) is 6.42 Å². The first-order valence-electron chi connectivity index (χ1n) is 10.6. The standard InChI is InChI=1S/C22H34N4O5S2/c1-14(19(27)26-18(22(30)31)13-15-7-5-4-6-8-15)24-21(29)17(10-12-33-3)25-20(28)16(23)9-11-32-2/h4-8,14,16-18H,9-13,23H2,1-3H3,(H,24,29)(H,25,28)(H,26,27)(H,30,31). The Morgan fingerprint density at radius 1 is 0.879 bits per heavy atom. The number of benzene rings is 1. The molecule has 1 aromatic rings. The van der Waals surface area contributed by atoms with Gasteiger partial charge in [0.1, 0.15) is 18.1 Å². The Morgan fingerprint density at radius 2 is 1.45 bits per heavy atom. The molecule has 33 heavy (non-hydrogen) atoms. The number of carbonyl (C=O) groups is 4. The highest BCUT2D eigenvalue weighted by atomic mass is 32.2. The van der Waals surface area contributed by atoms with Crippen LogP contribution in [0.25, 0.3) is 0 Å². The van der Waals surface area contributed by atoms with Crippen LogP contribution in [-0.2, 0) is 25.6 Å². The van der Waals surface area contributed by atoms with E-state index in [1.54, 1.807) is 36.0 Å². The Morgan fingerprint density at radius 3 is 2.03 bits per heavy atom. The summed E-state index contributed by atoms with van der Waals surface area (Å²) >= 11 is 3.10. The van der Waals surface area contributed by atoms with E-state index in [1.165, 1.54) is 18.7 Å². The van der Waals surface area contributed by atoms with Gasteiger partial charge in [0.25, 0.3) is 0 Å². The number of hydrogen-bond donors (Lipinski definition) is 5. The van der Waals surface area contributed by atoms with E-state index in [9.17, 15) is 24.3 Å². The highest BCUT2D eigenvalue weighted by Gasteiger charge is 2.28. The minimum Gasteiger partial charge on any atom is -0.480 e. The summed E-state index contributed by atoms with van der Waals surface area (Å²) < 4.78 is 0. The van der Waals surface area contributed by atoms with Gasteiger partial charge < -0.3 is 26.8 Å². The summed E-state index contributed by atoms with van der Waals surface area (Å²) in [6.07, 6.45) is 4.77. The van der Waals surface area contributed by atoms with Crippen LogP contribution in [0.2, 0.25) is 0 Å². The van der Waals surface area contributed by atoms with Gasteiger partial charge in [0.15, 0.2) is 0 Å². The van der Waals surface area contributed by atoms with E-state index >= 15 is 0 Å². The molecule has 3 amide bonds. The van der Waals surface area contributed by atoms with Crippen LogP contribution in [-0.4, -0.2) is 77.0 Å². The normalized spacial score (nSPS) is 14.4. The molecule has 6 N–H and O–H groups in total. The predicted octanol–water partition coefficient (Wildman–Crippen LogP) is 0.622. The zero-order valence-corrected chi connectivity index (χ0v) is 20.8. The number of thioether (sulfide) groups is 2. The maximum absolute atomic E-state index is 12.8. The SMILES string of the molecule is CSCCC(N)C(=O)NC(CCSC)C(=O)NC(C)C(=O)NC(Cc1ccccc1)C(=O)O. The third-order valence-electron chi connectivity index (χ3n) is 4.86. The van der Waals surface area contributed by atoms with Crippen molar-refractivity contribution < 1.29 is 24.3 Å². The molecule has 0 radical (unpaired) electrons. The lowest BCUT2D eigenvalue weighted by atomic mass is 10.1. The second kappa shape index (κ2) is 15.6. The number of carboxylic acids is 1. The average Bonchev–Trinajstić information content (AvgIpc) is 2.79. The van der Waals surface area contributed by atoms with Crippen molar-refractivity contribution in [3.63, 3.8) is 0 Å². The van der Waals surface area contributed by atoms with Crippen molar-refractivity contribution in [1.82, 2.24) is 16.0 Å². The van der Waals surface area contributed by atoms with E-state index in [0.717, 1.165) is 11.3 Å². The highest BCUT2D eigenvalue weighted by Crippen LogP contribution is 2.06. The third kappa shape index (κ3) is 11.0. The van der Waals surface area contributed by atoms with Crippen molar-refractivity contribution in [3.8, 4) is 0 Å². The first-order chi connectivity index (χ1) is 15.7. The molecule has 0 bridgehead atoms. The quantitative estimate of drug-likeness (QED) is 0.236. The van der Waals surface area contributed by atoms with Crippen LogP contribution in [0.1, 0.15) is 25.3 Å². The Bertz CT molecular complexity index is 781. The molecule has 4 unspecified atom stereocenters. The average molecular weight is 499 g/mol. The summed E-state index contributed by atoms with van der Waals surface area (Å²) in [5.41, 5.74) is 6.66. The van der Waals surface area contributed by atoms with Gasteiger partial charge in [0.05, 0.1) is 6.04 Å². The number of aliphatic carboxylic acids is 1. The zero-order valence-electron chi connectivity index (χ0n) is 19.2. The van der Waals surface area contributed by atoms with Crippen LogP contribution in [0.5, 0.6) is 0 Å². The van der Waals surface area contributed by atoms with Gasteiger partial charge in [0, 0.05) is 6.42 Å².